The molecular weight excluding hydrogens is 445 g/mol. The lowest BCUT2D eigenvalue weighted by Crippen LogP contribution is -2.43. The number of nitrogens with zero attached hydrogens (tertiary/aromatic N) is 2. The molecule has 7 nitrogen and oxygen atoms in total. The first-order valence-electron chi connectivity index (χ1n) is 10.8. The third-order valence-electron chi connectivity index (χ3n) is 5.29. The summed E-state index contributed by atoms with van der Waals surface area (Å²) in [4.78, 5) is 16.5. The van der Waals surface area contributed by atoms with Crippen molar-refractivity contribution in [1.29, 1.82) is 0 Å². The van der Waals surface area contributed by atoms with Gasteiger partial charge in [-0.25, -0.2) is 9.18 Å². The van der Waals surface area contributed by atoms with E-state index in [4.69, 9.17) is 4.74 Å². The fraction of sp³-hybridized carbons (Fsp3) is 0.417. The van der Waals surface area contributed by atoms with E-state index in [2.05, 4.69) is 9.93 Å². The molecule has 3 rings (SSSR count). The van der Waals surface area contributed by atoms with Gasteiger partial charge in [0.15, 0.2) is 0 Å². The molecule has 0 bridgehead atoms. The molecule has 0 radical (unpaired) electrons. The van der Waals surface area contributed by atoms with E-state index in [1.54, 1.807) is 29.2 Å². The number of rotatable bonds is 5. The van der Waals surface area contributed by atoms with Gasteiger partial charge in [0.05, 0.1) is 10.6 Å². The maximum Gasteiger partial charge on any atom is 0.410 e. The van der Waals surface area contributed by atoms with E-state index < -0.39 is 21.4 Å². The first-order valence-corrected chi connectivity index (χ1v) is 12.3. The fourth-order valence-corrected chi connectivity index (χ4v) is 4.37. The van der Waals surface area contributed by atoms with Gasteiger partial charge in [-0.1, -0.05) is 29.8 Å². The average Bonchev–Trinajstić information content (AvgIpc) is 2.74. The van der Waals surface area contributed by atoms with Crippen LogP contribution in [0.1, 0.15) is 44.7 Å². The zero-order valence-corrected chi connectivity index (χ0v) is 20.2. The van der Waals surface area contributed by atoms with Gasteiger partial charge in [-0.3, -0.25) is 0 Å². The van der Waals surface area contributed by atoms with Crippen LogP contribution in [0.25, 0.3) is 0 Å². The van der Waals surface area contributed by atoms with Crippen molar-refractivity contribution in [1.82, 2.24) is 9.73 Å². The molecule has 0 aliphatic carbocycles. The Kier molecular flexibility index (Phi) is 7.41. The van der Waals surface area contributed by atoms with E-state index in [1.165, 1.54) is 24.3 Å². The molecule has 33 heavy (non-hydrogen) atoms. The van der Waals surface area contributed by atoms with Crippen LogP contribution in [0.2, 0.25) is 0 Å². The zero-order chi connectivity index (χ0) is 24.2. The number of carbonyl (C=O) groups is 1. The van der Waals surface area contributed by atoms with Gasteiger partial charge in [-0.2, -0.15) is 18.4 Å². The number of amides is 1. The largest absolute Gasteiger partial charge is 0.444 e. The van der Waals surface area contributed by atoms with Gasteiger partial charge in [0, 0.05) is 19.0 Å². The van der Waals surface area contributed by atoms with Crippen LogP contribution in [0, 0.1) is 18.7 Å². The molecule has 2 aromatic carbocycles. The molecule has 0 saturated carbocycles. The van der Waals surface area contributed by atoms with Gasteiger partial charge in [0.25, 0.3) is 10.0 Å². The van der Waals surface area contributed by atoms with Crippen molar-refractivity contribution >= 4 is 21.8 Å². The maximum absolute atomic E-state index is 13.5. The molecule has 1 aliphatic rings. The number of carbonyl (C=O) groups excluding carboxylic acids is 1. The lowest BCUT2D eigenvalue weighted by Gasteiger charge is -2.34. The van der Waals surface area contributed by atoms with Gasteiger partial charge < -0.3 is 9.64 Å². The normalized spacial score (nSPS) is 15.9. The number of aryl methyl sites for hydroxylation is 1. The Labute approximate surface area is 194 Å². The van der Waals surface area contributed by atoms with Gasteiger partial charge in [0.1, 0.15) is 11.4 Å². The first-order chi connectivity index (χ1) is 15.4. The smallest absolute Gasteiger partial charge is 0.410 e. The third-order valence-corrected chi connectivity index (χ3v) is 6.52. The summed E-state index contributed by atoms with van der Waals surface area (Å²) in [6.45, 7) is 8.22. The second-order valence-electron chi connectivity index (χ2n) is 9.15. The van der Waals surface area contributed by atoms with Crippen molar-refractivity contribution in [3.63, 3.8) is 0 Å². The van der Waals surface area contributed by atoms with E-state index in [-0.39, 0.29) is 16.9 Å². The summed E-state index contributed by atoms with van der Waals surface area (Å²) in [7, 11) is -3.87. The van der Waals surface area contributed by atoms with Crippen LogP contribution >= 0.6 is 0 Å². The summed E-state index contributed by atoms with van der Waals surface area (Å²) in [5, 5.41) is 4.27. The maximum atomic E-state index is 13.5. The summed E-state index contributed by atoms with van der Waals surface area (Å²) < 4.78 is 44.4. The summed E-state index contributed by atoms with van der Waals surface area (Å²) in [6.07, 6.45) is 0.768. The lowest BCUT2D eigenvalue weighted by molar-refractivity contribution is 0.0202. The minimum atomic E-state index is -3.87. The van der Waals surface area contributed by atoms with E-state index in [1.807, 2.05) is 27.7 Å². The molecule has 1 aliphatic heterocycles. The summed E-state index contributed by atoms with van der Waals surface area (Å²) in [6, 6.07) is 12.2. The van der Waals surface area contributed by atoms with Crippen LogP contribution in [0.4, 0.5) is 9.18 Å². The molecular formula is C24H30FN3O4S. The van der Waals surface area contributed by atoms with Gasteiger partial charge in [0.2, 0.25) is 0 Å². The number of halogens is 1. The van der Waals surface area contributed by atoms with Crippen molar-refractivity contribution in [2.75, 3.05) is 13.1 Å². The number of benzene rings is 2. The van der Waals surface area contributed by atoms with Crippen molar-refractivity contribution in [3.8, 4) is 0 Å². The van der Waals surface area contributed by atoms with Crippen LogP contribution in [-0.2, 0) is 14.8 Å². The van der Waals surface area contributed by atoms with Crippen molar-refractivity contribution in [3.05, 3.63) is 65.5 Å². The number of nitrogens with one attached hydrogen (secondary N) is 1. The number of hydrogen-bond donors (Lipinski definition) is 1. The molecule has 1 fully saturated rings. The molecule has 178 valence electrons. The highest BCUT2D eigenvalue weighted by atomic mass is 32.2. The Morgan fingerprint density at radius 1 is 1.06 bits per heavy atom. The number of piperidine rings is 1. The van der Waals surface area contributed by atoms with E-state index in [0.29, 0.717) is 37.2 Å². The fourth-order valence-electron chi connectivity index (χ4n) is 3.55. The minimum absolute atomic E-state index is 0.107. The number of hydrogen-bond acceptors (Lipinski definition) is 5. The standard InChI is InChI=1S/C24H30FN3O4S/c1-17-5-11-21(12-6-17)33(30,31)27-26-22(18-7-9-20(25)10-8-18)19-13-15-28(16-14-19)23(29)32-24(2,3)4/h5-12,19,27H,13-16H2,1-4H3. The number of ether oxygens (including phenoxy) is 1. The number of sulfonamides is 1. The Hall–Kier alpha value is -2.94. The van der Waals surface area contributed by atoms with Crippen LogP contribution in [0.5, 0.6) is 0 Å². The Balaban J connectivity index is 1.80. The quantitative estimate of drug-likeness (QED) is 0.511. The summed E-state index contributed by atoms with van der Waals surface area (Å²) >= 11 is 0. The van der Waals surface area contributed by atoms with Crippen LogP contribution in [0.15, 0.2) is 58.5 Å². The van der Waals surface area contributed by atoms with Gasteiger partial charge >= 0.3 is 6.09 Å². The Morgan fingerprint density at radius 2 is 1.64 bits per heavy atom. The van der Waals surface area contributed by atoms with Crippen molar-refractivity contribution in [2.45, 2.75) is 51.0 Å². The molecule has 1 saturated heterocycles. The number of likely N-dealkylation sites (tertiary alicyclic amines) is 1. The zero-order valence-electron chi connectivity index (χ0n) is 19.3. The van der Waals surface area contributed by atoms with E-state index in [9.17, 15) is 17.6 Å². The minimum Gasteiger partial charge on any atom is -0.444 e. The molecule has 9 heteroatoms. The Morgan fingerprint density at radius 3 is 2.18 bits per heavy atom. The SMILES string of the molecule is Cc1ccc(S(=O)(=O)NN=C(c2ccc(F)cc2)C2CCN(C(=O)OC(C)(C)C)CC2)cc1. The second-order valence-corrected chi connectivity index (χ2v) is 10.8. The lowest BCUT2D eigenvalue weighted by atomic mass is 9.88. The van der Waals surface area contributed by atoms with Gasteiger partial charge in [-0.15, -0.1) is 0 Å². The molecule has 0 unspecified atom stereocenters. The Bertz CT molecular complexity index is 1100. The van der Waals surface area contributed by atoms with E-state index >= 15 is 0 Å². The predicted octanol–water partition coefficient (Wildman–Crippen LogP) is 4.46. The highest BCUT2D eigenvalue weighted by Gasteiger charge is 2.30. The molecule has 0 spiro atoms. The van der Waals surface area contributed by atoms with Crippen LogP contribution in [-0.4, -0.2) is 43.8 Å². The molecule has 1 amide bonds. The summed E-state index contributed by atoms with van der Waals surface area (Å²) in [5.74, 6) is -0.507. The van der Waals surface area contributed by atoms with Crippen LogP contribution in [0.3, 0.4) is 0 Å². The molecule has 2 aromatic rings. The predicted molar refractivity (Wildman–Crippen MR) is 125 cm³/mol. The van der Waals surface area contributed by atoms with Crippen molar-refractivity contribution in [2.24, 2.45) is 11.0 Å². The molecule has 0 aromatic heterocycles. The second kappa shape index (κ2) is 9.91. The third kappa shape index (κ3) is 6.77. The first kappa shape index (κ1) is 24.7. The van der Waals surface area contributed by atoms with E-state index in [0.717, 1.165) is 5.56 Å². The summed E-state index contributed by atoms with van der Waals surface area (Å²) in [5.41, 5.74) is 1.50. The topological polar surface area (TPSA) is 88.1 Å². The number of hydrazone groups is 1. The van der Waals surface area contributed by atoms with Crippen molar-refractivity contribution < 1.29 is 22.3 Å². The highest BCUT2D eigenvalue weighted by Crippen LogP contribution is 2.24. The average molecular weight is 476 g/mol. The highest BCUT2D eigenvalue weighted by molar-refractivity contribution is 7.89. The molecule has 1 heterocycles. The van der Waals surface area contributed by atoms with Gasteiger partial charge in [-0.05, 0) is 70.4 Å². The monoisotopic (exact) mass is 475 g/mol. The molecule has 1 N–H and O–H groups in total. The molecule has 0 atom stereocenters. The van der Waals surface area contributed by atoms with Crippen LogP contribution < -0.4 is 4.83 Å².